The van der Waals surface area contributed by atoms with Gasteiger partial charge in [0.15, 0.2) is 0 Å². The predicted molar refractivity (Wildman–Crippen MR) is 172 cm³/mol. The molecule has 0 fully saturated rings. The molecule has 7 rings (SSSR count). The van der Waals surface area contributed by atoms with Gasteiger partial charge >= 0.3 is 0 Å². The maximum absolute atomic E-state index is 9.42. The summed E-state index contributed by atoms with van der Waals surface area (Å²) in [7, 11) is 1.65. The largest absolute Gasteiger partial charge is 0.508 e. The van der Waals surface area contributed by atoms with E-state index in [9.17, 15) is 5.11 Å². The van der Waals surface area contributed by atoms with Gasteiger partial charge in [-0.05, 0) is 84.9 Å². The third kappa shape index (κ3) is 6.05. The number of aromatic amines is 2. The Hall–Kier alpha value is -4.52. The van der Waals surface area contributed by atoms with Crippen molar-refractivity contribution in [1.82, 2.24) is 9.97 Å². The first-order valence-corrected chi connectivity index (χ1v) is 14.2. The number of methoxy groups -OCH3 is 1. The average Bonchev–Trinajstić information content (AvgIpc) is 3.53. The smallest absolute Gasteiger partial charge is 0.120 e. The van der Waals surface area contributed by atoms with Gasteiger partial charge in [-0.15, -0.1) is 0 Å². The molecule has 0 aliphatic rings. The van der Waals surface area contributed by atoms with Crippen molar-refractivity contribution in [3.8, 4) is 23.0 Å². The quantitative estimate of drug-likeness (QED) is 0.160. The van der Waals surface area contributed by atoms with Gasteiger partial charge in [-0.2, -0.15) is 0 Å². The van der Waals surface area contributed by atoms with E-state index in [0.29, 0.717) is 18.2 Å². The molecule has 212 valence electrons. The molecule has 3 N–H and O–H groups in total. The number of ether oxygens (including phenoxy) is 3. The molecule has 0 bridgehead atoms. The number of H-pyrrole nitrogens is 2. The molecule has 0 unspecified atom stereocenters. The van der Waals surface area contributed by atoms with E-state index in [1.165, 1.54) is 0 Å². The fraction of sp³-hybridized carbons (Fsp3) is 0.118. The SMILES string of the molecule is COc1ccc(OCCCOc2ccc3[nH]c4cc(Cl)ccc4c3c2)cc1.Oc1ccc2[nH]c3cc(Cl)ccc3c2c1. The average molecular weight is 600 g/mol. The second kappa shape index (κ2) is 12.1. The van der Waals surface area contributed by atoms with E-state index in [-0.39, 0.29) is 5.75 Å². The van der Waals surface area contributed by atoms with Crippen LogP contribution in [0.2, 0.25) is 10.0 Å². The minimum atomic E-state index is 0.276. The van der Waals surface area contributed by atoms with Crippen LogP contribution in [0.4, 0.5) is 0 Å². The van der Waals surface area contributed by atoms with Crippen LogP contribution in [0.3, 0.4) is 0 Å². The van der Waals surface area contributed by atoms with E-state index in [1.54, 1.807) is 19.2 Å². The molecular weight excluding hydrogens is 571 g/mol. The molecule has 2 heterocycles. The van der Waals surface area contributed by atoms with Crippen LogP contribution >= 0.6 is 23.2 Å². The molecule has 0 spiro atoms. The Morgan fingerprint density at radius 3 is 1.69 bits per heavy atom. The molecule has 0 atom stereocenters. The fourth-order valence-corrected chi connectivity index (χ4v) is 5.26. The Balaban J connectivity index is 0.000000177. The lowest BCUT2D eigenvalue weighted by molar-refractivity contribution is 0.247. The Morgan fingerprint density at radius 2 is 1.07 bits per heavy atom. The van der Waals surface area contributed by atoms with Crippen LogP contribution in [0, 0.1) is 0 Å². The van der Waals surface area contributed by atoms with Gasteiger partial charge in [-0.25, -0.2) is 0 Å². The lowest BCUT2D eigenvalue weighted by Crippen LogP contribution is -2.04. The van der Waals surface area contributed by atoms with Gasteiger partial charge in [0.05, 0.1) is 20.3 Å². The summed E-state index contributed by atoms with van der Waals surface area (Å²) >= 11 is 12.0. The van der Waals surface area contributed by atoms with Crippen molar-refractivity contribution in [3.05, 3.63) is 107 Å². The monoisotopic (exact) mass is 598 g/mol. The van der Waals surface area contributed by atoms with Crippen molar-refractivity contribution in [2.45, 2.75) is 6.42 Å². The van der Waals surface area contributed by atoms with Crippen molar-refractivity contribution < 1.29 is 19.3 Å². The Labute approximate surface area is 252 Å². The minimum Gasteiger partial charge on any atom is -0.508 e. The first-order chi connectivity index (χ1) is 20.5. The molecule has 42 heavy (non-hydrogen) atoms. The molecule has 0 aliphatic heterocycles. The topological polar surface area (TPSA) is 79.5 Å². The zero-order valence-electron chi connectivity index (χ0n) is 22.8. The van der Waals surface area contributed by atoms with Gasteiger partial charge in [0.25, 0.3) is 0 Å². The number of hydrogen-bond donors (Lipinski definition) is 3. The first-order valence-electron chi connectivity index (χ1n) is 13.5. The highest BCUT2D eigenvalue weighted by Gasteiger charge is 2.07. The van der Waals surface area contributed by atoms with Gasteiger partial charge in [0.2, 0.25) is 0 Å². The van der Waals surface area contributed by atoms with Crippen LogP contribution in [0.5, 0.6) is 23.0 Å². The van der Waals surface area contributed by atoms with Gasteiger partial charge in [-0.1, -0.05) is 35.3 Å². The highest BCUT2D eigenvalue weighted by Crippen LogP contribution is 2.31. The predicted octanol–water partition coefficient (Wildman–Crippen LogP) is 9.51. The van der Waals surface area contributed by atoms with Gasteiger partial charge < -0.3 is 29.3 Å². The summed E-state index contributed by atoms with van der Waals surface area (Å²) in [6, 6.07) is 30.5. The summed E-state index contributed by atoms with van der Waals surface area (Å²) in [6.45, 7) is 1.19. The van der Waals surface area contributed by atoms with Crippen LogP contribution in [0.15, 0.2) is 97.1 Å². The van der Waals surface area contributed by atoms with E-state index in [1.807, 2.05) is 78.9 Å². The number of fused-ring (bicyclic) bond motifs is 6. The second-order valence-electron chi connectivity index (χ2n) is 9.79. The van der Waals surface area contributed by atoms with Crippen molar-refractivity contribution in [1.29, 1.82) is 0 Å². The third-order valence-corrected chi connectivity index (χ3v) is 7.43. The zero-order chi connectivity index (χ0) is 29.1. The Bertz CT molecular complexity index is 2000. The second-order valence-corrected chi connectivity index (χ2v) is 10.7. The van der Waals surface area contributed by atoms with Crippen LogP contribution in [0.1, 0.15) is 6.42 Å². The van der Waals surface area contributed by atoms with Crippen LogP contribution in [-0.2, 0) is 0 Å². The van der Waals surface area contributed by atoms with Gasteiger partial charge in [0.1, 0.15) is 23.0 Å². The number of aromatic nitrogens is 2. The summed E-state index contributed by atoms with van der Waals surface area (Å²) in [6.07, 6.45) is 0.799. The number of aromatic hydroxyl groups is 1. The molecule has 2 aromatic heterocycles. The lowest BCUT2D eigenvalue weighted by Gasteiger charge is -2.09. The van der Waals surface area contributed by atoms with Crippen molar-refractivity contribution in [3.63, 3.8) is 0 Å². The lowest BCUT2D eigenvalue weighted by atomic mass is 10.1. The molecular formula is C34H28Cl2N2O4. The number of phenols is 1. The maximum Gasteiger partial charge on any atom is 0.120 e. The van der Waals surface area contributed by atoms with Crippen molar-refractivity contribution >= 4 is 66.8 Å². The molecule has 0 saturated heterocycles. The number of phenolic OH excluding ortho intramolecular Hbond substituents is 1. The molecule has 5 aromatic carbocycles. The standard InChI is InChI=1S/C22H20ClNO3.C12H8ClNO/c1-25-16-4-6-17(7-5-16)26-11-2-12-27-18-8-10-21-20(14-18)19-9-3-15(23)13-22(19)24-21;13-7-1-3-9-10-6-8(15)2-4-11(10)14-12(9)5-7/h3-10,13-14,24H,2,11-12H2,1H3;1-6,14-15H. The highest BCUT2D eigenvalue weighted by atomic mass is 35.5. The van der Waals surface area contributed by atoms with Crippen molar-refractivity contribution in [2.75, 3.05) is 20.3 Å². The molecule has 0 saturated carbocycles. The molecule has 7 aromatic rings. The number of nitrogens with one attached hydrogen (secondary N) is 2. The summed E-state index contributed by atoms with van der Waals surface area (Å²) in [4.78, 5) is 6.63. The third-order valence-electron chi connectivity index (χ3n) is 6.96. The summed E-state index contributed by atoms with van der Waals surface area (Å²) in [5.41, 5.74) is 4.10. The van der Waals surface area contributed by atoms with Crippen molar-refractivity contribution in [2.24, 2.45) is 0 Å². The highest BCUT2D eigenvalue weighted by molar-refractivity contribution is 6.32. The zero-order valence-corrected chi connectivity index (χ0v) is 24.3. The summed E-state index contributed by atoms with van der Waals surface area (Å²) in [5.74, 6) is 2.77. The van der Waals surface area contributed by atoms with Gasteiger partial charge in [-0.3, -0.25) is 0 Å². The van der Waals surface area contributed by atoms with E-state index in [4.69, 9.17) is 37.4 Å². The van der Waals surface area contributed by atoms with Crippen LogP contribution in [-0.4, -0.2) is 35.4 Å². The Kier molecular flexibility index (Phi) is 8.00. The first kappa shape index (κ1) is 27.6. The fourth-order valence-electron chi connectivity index (χ4n) is 4.92. The molecule has 8 heteroatoms. The minimum absolute atomic E-state index is 0.276. The number of hydrogen-bond acceptors (Lipinski definition) is 4. The molecule has 0 amide bonds. The van der Waals surface area contributed by atoms with E-state index in [0.717, 1.165) is 72.3 Å². The number of rotatable bonds is 7. The van der Waals surface area contributed by atoms with E-state index >= 15 is 0 Å². The van der Waals surface area contributed by atoms with E-state index < -0.39 is 0 Å². The van der Waals surface area contributed by atoms with Crippen LogP contribution in [0.25, 0.3) is 43.6 Å². The summed E-state index contributed by atoms with van der Waals surface area (Å²) < 4.78 is 16.7. The molecule has 6 nitrogen and oxygen atoms in total. The number of benzene rings is 5. The molecule has 0 radical (unpaired) electrons. The maximum atomic E-state index is 9.42. The number of halogens is 2. The van der Waals surface area contributed by atoms with Crippen LogP contribution < -0.4 is 14.2 Å². The Morgan fingerprint density at radius 1 is 0.548 bits per heavy atom. The molecule has 0 aliphatic carbocycles. The summed E-state index contributed by atoms with van der Waals surface area (Å²) in [5, 5.41) is 15.2. The normalized spacial score (nSPS) is 11.1. The van der Waals surface area contributed by atoms with E-state index in [2.05, 4.69) is 16.0 Å². The van der Waals surface area contributed by atoms with Gasteiger partial charge in [0, 0.05) is 60.1 Å².